The summed E-state index contributed by atoms with van der Waals surface area (Å²) in [5, 5.41) is 0. The van der Waals surface area contributed by atoms with Crippen molar-refractivity contribution in [2.24, 2.45) is 0 Å². The minimum Gasteiger partial charge on any atom is -0.252 e. The Labute approximate surface area is 87.1 Å². The molecule has 2 nitrogen and oxygen atoms in total. The molecule has 1 aromatic carbocycles. The van der Waals surface area contributed by atoms with Gasteiger partial charge in [0.1, 0.15) is 0 Å². The molecule has 0 radical (unpaired) electrons. The van der Waals surface area contributed by atoms with Crippen LogP contribution in [0.1, 0.15) is 5.69 Å². The van der Waals surface area contributed by atoms with Crippen molar-refractivity contribution < 1.29 is 0 Å². The Morgan fingerprint density at radius 2 is 2.00 bits per heavy atom. The molecule has 0 saturated carbocycles. The number of para-hydroxylation sites is 2. The Hall–Kier alpha value is -1.35. The van der Waals surface area contributed by atoms with Crippen LogP contribution in [0.5, 0.6) is 0 Å². The standard InChI is InChI=1S/C11H10N2S/c1-8(14-2)11-7-12-9-5-3-4-6-10(9)13-11/h3-7H,1H2,2H3. The van der Waals surface area contributed by atoms with Gasteiger partial charge in [0.05, 0.1) is 22.9 Å². The zero-order chi connectivity index (χ0) is 9.97. The molecule has 0 bridgehead atoms. The predicted octanol–water partition coefficient (Wildman–Crippen LogP) is 2.96. The van der Waals surface area contributed by atoms with Gasteiger partial charge in [0.25, 0.3) is 0 Å². The molecule has 0 saturated heterocycles. The van der Waals surface area contributed by atoms with Gasteiger partial charge in [0, 0.05) is 4.91 Å². The van der Waals surface area contributed by atoms with E-state index in [1.54, 1.807) is 18.0 Å². The Balaban J connectivity index is 2.56. The summed E-state index contributed by atoms with van der Waals surface area (Å²) in [6, 6.07) is 7.83. The molecular weight excluding hydrogens is 192 g/mol. The van der Waals surface area contributed by atoms with Gasteiger partial charge in [-0.15, -0.1) is 11.8 Å². The van der Waals surface area contributed by atoms with Crippen LogP contribution in [-0.4, -0.2) is 16.2 Å². The van der Waals surface area contributed by atoms with Gasteiger partial charge in [-0.1, -0.05) is 18.7 Å². The Morgan fingerprint density at radius 3 is 2.71 bits per heavy atom. The predicted molar refractivity (Wildman–Crippen MR) is 62.1 cm³/mol. The van der Waals surface area contributed by atoms with E-state index in [1.165, 1.54) is 0 Å². The van der Waals surface area contributed by atoms with Crippen molar-refractivity contribution in [3.63, 3.8) is 0 Å². The van der Waals surface area contributed by atoms with Gasteiger partial charge < -0.3 is 0 Å². The molecule has 0 aliphatic carbocycles. The van der Waals surface area contributed by atoms with Gasteiger partial charge in [-0.2, -0.15) is 0 Å². The number of hydrogen-bond donors (Lipinski definition) is 0. The summed E-state index contributed by atoms with van der Waals surface area (Å²) in [5.74, 6) is 0. The number of aromatic nitrogens is 2. The van der Waals surface area contributed by atoms with E-state index in [0.717, 1.165) is 21.6 Å². The third-order valence-corrected chi connectivity index (χ3v) is 2.68. The molecule has 14 heavy (non-hydrogen) atoms. The summed E-state index contributed by atoms with van der Waals surface area (Å²) in [6.45, 7) is 3.91. The molecular formula is C11H10N2S. The molecule has 0 aliphatic rings. The first kappa shape index (κ1) is 9.21. The van der Waals surface area contributed by atoms with Crippen LogP contribution < -0.4 is 0 Å². The highest BCUT2D eigenvalue weighted by atomic mass is 32.2. The fourth-order valence-electron chi connectivity index (χ4n) is 1.20. The van der Waals surface area contributed by atoms with Crippen molar-refractivity contribution in [1.82, 2.24) is 9.97 Å². The first-order chi connectivity index (χ1) is 6.81. The lowest BCUT2D eigenvalue weighted by molar-refractivity contribution is 1.26. The lowest BCUT2D eigenvalue weighted by atomic mass is 10.3. The molecule has 0 unspecified atom stereocenters. The molecule has 0 spiro atoms. The highest BCUT2D eigenvalue weighted by Crippen LogP contribution is 2.21. The van der Waals surface area contributed by atoms with E-state index in [4.69, 9.17) is 0 Å². The van der Waals surface area contributed by atoms with E-state index in [0.29, 0.717) is 0 Å². The number of nitrogens with zero attached hydrogens (tertiary/aromatic N) is 2. The van der Waals surface area contributed by atoms with Crippen molar-refractivity contribution in [3.8, 4) is 0 Å². The topological polar surface area (TPSA) is 25.8 Å². The Kier molecular flexibility index (Phi) is 2.50. The third-order valence-electron chi connectivity index (χ3n) is 1.98. The maximum absolute atomic E-state index is 4.46. The molecule has 3 heteroatoms. The van der Waals surface area contributed by atoms with Crippen LogP contribution in [0.4, 0.5) is 0 Å². The fourth-order valence-corrected chi connectivity index (χ4v) is 1.50. The maximum atomic E-state index is 4.46. The smallest absolute Gasteiger partial charge is 0.0950 e. The first-order valence-electron chi connectivity index (χ1n) is 4.26. The van der Waals surface area contributed by atoms with E-state index in [2.05, 4.69) is 16.5 Å². The summed E-state index contributed by atoms with van der Waals surface area (Å²) in [6.07, 6.45) is 3.75. The highest BCUT2D eigenvalue weighted by Gasteiger charge is 2.01. The van der Waals surface area contributed by atoms with Crippen LogP contribution in [0.25, 0.3) is 15.9 Å². The van der Waals surface area contributed by atoms with Crippen LogP contribution in [0.15, 0.2) is 37.0 Å². The maximum Gasteiger partial charge on any atom is 0.0950 e. The van der Waals surface area contributed by atoms with Gasteiger partial charge in [-0.3, -0.25) is 4.98 Å². The number of hydrogen-bond acceptors (Lipinski definition) is 3. The second-order valence-corrected chi connectivity index (χ2v) is 3.77. The number of fused-ring (bicyclic) bond motifs is 1. The van der Waals surface area contributed by atoms with E-state index >= 15 is 0 Å². The molecule has 0 fully saturated rings. The van der Waals surface area contributed by atoms with E-state index in [-0.39, 0.29) is 0 Å². The average Bonchev–Trinajstić information content (AvgIpc) is 2.27. The van der Waals surface area contributed by atoms with E-state index in [9.17, 15) is 0 Å². The molecule has 0 aliphatic heterocycles. The van der Waals surface area contributed by atoms with Gasteiger partial charge in [-0.25, -0.2) is 4.98 Å². The molecule has 2 aromatic rings. The summed E-state index contributed by atoms with van der Waals surface area (Å²) in [4.78, 5) is 9.72. The van der Waals surface area contributed by atoms with Gasteiger partial charge in [0.2, 0.25) is 0 Å². The molecule has 0 atom stereocenters. The quantitative estimate of drug-likeness (QED) is 0.748. The minimum absolute atomic E-state index is 0.858. The summed E-state index contributed by atoms with van der Waals surface area (Å²) < 4.78 is 0. The zero-order valence-corrected chi connectivity index (χ0v) is 8.71. The summed E-state index contributed by atoms with van der Waals surface area (Å²) >= 11 is 1.59. The van der Waals surface area contributed by atoms with Crippen molar-refractivity contribution in [2.75, 3.05) is 6.26 Å². The fraction of sp³-hybridized carbons (Fsp3) is 0.0909. The van der Waals surface area contributed by atoms with E-state index in [1.807, 2.05) is 30.5 Å². The van der Waals surface area contributed by atoms with Gasteiger partial charge in [-0.05, 0) is 18.4 Å². The van der Waals surface area contributed by atoms with Crippen molar-refractivity contribution >= 4 is 27.7 Å². The third kappa shape index (κ3) is 1.63. The molecule has 1 heterocycles. The highest BCUT2D eigenvalue weighted by molar-refractivity contribution is 8.07. The van der Waals surface area contributed by atoms with Crippen LogP contribution >= 0.6 is 11.8 Å². The molecule has 2 rings (SSSR count). The molecule has 0 amide bonds. The summed E-state index contributed by atoms with van der Waals surface area (Å²) in [7, 11) is 0. The number of benzene rings is 1. The lowest BCUT2D eigenvalue weighted by Gasteiger charge is -2.01. The van der Waals surface area contributed by atoms with Crippen molar-refractivity contribution in [3.05, 3.63) is 42.7 Å². The zero-order valence-electron chi connectivity index (χ0n) is 7.90. The first-order valence-corrected chi connectivity index (χ1v) is 5.49. The van der Waals surface area contributed by atoms with Crippen LogP contribution in [0.2, 0.25) is 0 Å². The van der Waals surface area contributed by atoms with Crippen LogP contribution in [0.3, 0.4) is 0 Å². The average molecular weight is 202 g/mol. The second kappa shape index (κ2) is 3.80. The molecule has 70 valence electrons. The summed E-state index contributed by atoms with van der Waals surface area (Å²) in [5.41, 5.74) is 2.70. The van der Waals surface area contributed by atoms with Gasteiger partial charge in [0.15, 0.2) is 0 Å². The van der Waals surface area contributed by atoms with Crippen LogP contribution in [-0.2, 0) is 0 Å². The lowest BCUT2D eigenvalue weighted by Crippen LogP contribution is -1.89. The SMILES string of the molecule is C=C(SC)c1cnc2ccccc2n1. The number of rotatable bonds is 2. The van der Waals surface area contributed by atoms with E-state index < -0.39 is 0 Å². The normalized spacial score (nSPS) is 10.4. The Bertz CT molecular complexity index is 479. The van der Waals surface area contributed by atoms with Gasteiger partial charge >= 0.3 is 0 Å². The second-order valence-electron chi connectivity index (χ2n) is 2.87. The Morgan fingerprint density at radius 1 is 1.29 bits per heavy atom. The largest absolute Gasteiger partial charge is 0.252 e. The van der Waals surface area contributed by atoms with Crippen LogP contribution in [0, 0.1) is 0 Å². The number of thioether (sulfide) groups is 1. The van der Waals surface area contributed by atoms with Crippen molar-refractivity contribution in [1.29, 1.82) is 0 Å². The van der Waals surface area contributed by atoms with Crippen molar-refractivity contribution in [2.45, 2.75) is 0 Å². The minimum atomic E-state index is 0.858. The molecule has 0 N–H and O–H groups in total. The molecule has 1 aromatic heterocycles. The monoisotopic (exact) mass is 202 g/mol.